The van der Waals surface area contributed by atoms with Gasteiger partial charge < -0.3 is 0 Å². The summed E-state index contributed by atoms with van der Waals surface area (Å²) in [6.07, 6.45) is 0. The number of hydrogen-bond acceptors (Lipinski definition) is 3. The van der Waals surface area contributed by atoms with Crippen LogP contribution in [0.25, 0.3) is 0 Å². The lowest BCUT2D eigenvalue weighted by atomic mass is 9.96. The Morgan fingerprint density at radius 2 is 1.59 bits per heavy atom. The Morgan fingerprint density at radius 1 is 0.909 bits per heavy atom. The van der Waals surface area contributed by atoms with E-state index in [-0.39, 0.29) is 11.7 Å². The van der Waals surface area contributed by atoms with Crippen molar-refractivity contribution in [3.05, 3.63) is 93.7 Å². The van der Waals surface area contributed by atoms with Crippen molar-refractivity contribution in [3.63, 3.8) is 0 Å². The number of thiophene rings is 1. The molecule has 0 N–H and O–H groups in total. The fourth-order valence-electron chi connectivity index (χ4n) is 2.34. The summed E-state index contributed by atoms with van der Waals surface area (Å²) in [5, 5.41) is 11.4. The minimum Gasteiger partial charge on any atom is -0.289 e. The van der Waals surface area contributed by atoms with Crippen LogP contribution in [0.1, 0.15) is 32.3 Å². The summed E-state index contributed by atoms with van der Waals surface area (Å²) in [6.45, 7) is 0. The lowest BCUT2D eigenvalue weighted by molar-refractivity contribution is 0.103. The van der Waals surface area contributed by atoms with Crippen molar-refractivity contribution < 1.29 is 4.79 Å². The second-order valence-corrected chi connectivity index (χ2v) is 5.87. The van der Waals surface area contributed by atoms with Crippen molar-refractivity contribution in [2.24, 2.45) is 0 Å². The zero-order valence-corrected chi connectivity index (χ0v) is 12.6. The summed E-state index contributed by atoms with van der Waals surface area (Å²) < 4.78 is 0. The molecule has 0 saturated heterocycles. The van der Waals surface area contributed by atoms with Gasteiger partial charge in [0.1, 0.15) is 5.92 Å². The number of benzene rings is 2. The maximum absolute atomic E-state index is 12.4. The molecule has 2 nitrogen and oxygen atoms in total. The van der Waals surface area contributed by atoms with E-state index in [1.54, 1.807) is 35.6 Å². The monoisotopic (exact) mass is 303 g/mol. The topological polar surface area (TPSA) is 40.9 Å². The first-order valence-electron chi connectivity index (χ1n) is 6.92. The zero-order valence-electron chi connectivity index (χ0n) is 11.8. The summed E-state index contributed by atoms with van der Waals surface area (Å²) in [7, 11) is 0. The van der Waals surface area contributed by atoms with E-state index >= 15 is 0 Å². The first-order chi connectivity index (χ1) is 10.8. The number of ketones is 1. The van der Waals surface area contributed by atoms with Crippen LogP contribution in [0, 0.1) is 11.3 Å². The van der Waals surface area contributed by atoms with E-state index in [0.717, 1.165) is 10.4 Å². The van der Waals surface area contributed by atoms with E-state index in [1.807, 2.05) is 47.8 Å². The third-order valence-electron chi connectivity index (χ3n) is 3.50. The molecule has 0 bridgehead atoms. The fourth-order valence-corrected chi connectivity index (χ4v) is 3.14. The predicted octanol–water partition coefficient (Wildman–Crippen LogP) is 4.63. The Labute approximate surface area is 133 Å². The molecule has 1 aromatic heterocycles. The standard InChI is InChI=1S/C19H13NOS/c20-13-17(18-7-4-12-22-18)14-8-10-16(11-9-14)19(21)15-5-2-1-3-6-15/h1-12,17H. The highest BCUT2D eigenvalue weighted by Gasteiger charge is 2.15. The zero-order chi connectivity index (χ0) is 15.4. The number of nitriles is 1. The minimum absolute atomic E-state index is 0.00298. The van der Waals surface area contributed by atoms with Crippen molar-refractivity contribution in [1.29, 1.82) is 5.26 Å². The quantitative estimate of drug-likeness (QED) is 0.659. The molecule has 0 fully saturated rings. The smallest absolute Gasteiger partial charge is 0.193 e. The molecule has 0 spiro atoms. The van der Waals surface area contributed by atoms with Gasteiger partial charge in [0.05, 0.1) is 6.07 Å². The van der Waals surface area contributed by atoms with E-state index in [9.17, 15) is 10.1 Å². The van der Waals surface area contributed by atoms with Gasteiger partial charge in [-0.25, -0.2) is 0 Å². The molecule has 3 rings (SSSR count). The molecule has 0 aliphatic heterocycles. The maximum Gasteiger partial charge on any atom is 0.193 e. The lowest BCUT2D eigenvalue weighted by Crippen LogP contribution is -2.02. The van der Waals surface area contributed by atoms with Crippen LogP contribution in [0.2, 0.25) is 0 Å². The van der Waals surface area contributed by atoms with Crippen LogP contribution in [0.4, 0.5) is 0 Å². The van der Waals surface area contributed by atoms with Crippen molar-refractivity contribution in [3.8, 4) is 6.07 Å². The van der Waals surface area contributed by atoms with Gasteiger partial charge in [-0.3, -0.25) is 4.79 Å². The molecule has 3 heteroatoms. The third-order valence-corrected chi connectivity index (χ3v) is 4.44. The molecule has 2 aromatic carbocycles. The van der Waals surface area contributed by atoms with Gasteiger partial charge in [-0.2, -0.15) is 5.26 Å². The Kier molecular flexibility index (Phi) is 4.13. The first-order valence-corrected chi connectivity index (χ1v) is 7.80. The number of carbonyl (C=O) groups is 1. The van der Waals surface area contributed by atoms with Crippen LogP contribution < -0.4 is 0 Å². The Morgan fingerprint density at radius 3 is 2.18 bits per heavy atom. The summed E-state index contributed by atoms with van der Waals surface area (Å²) in [4.78, 5) is 13.4. The van der Waals surface area contributed by atoms with E-state index in [1.165, 1.54) is 0 Å². The van der Waals surface area contributed by atoms with Crippen LogP contribution in [-0.4, -0.2) is 5.78 Å². The maximum atomic E-state index is 12.4. The molecule has 1 atom stereocenters. The van der Waals surface area contributed by atoms with Crippen LogP contribution in [-0.2, 0) is 0 Å². The molecule has 3 aromatic rings. The lowest BCUT2D eigenvalue weighted by Gasteiger charge is -2.08. The molecule has 1 heterocycles. The minimum atomic E-state index is -0.277. The average molecular weight is 303 g/mol. The highest BCUT2D eigenvalue weighted by Crippen LogP contribution is 2.28. The number of nitrogens with zero attached hydrogens (tertiary/aromatic N) is 1. The van der Waals surface area contributed by atoms with Gasteiger partial charge in [0.15, 0.2) is 5.78 Å². The second-order valence-electron chi connectivity index (χ2n) is 4.89. The van der Waals surface area contributed by atoms with Crippen molar-refractivity contribution in [2.45, 2.75) is 5.92 Å². The van der Waals surface area contributed by atoms with Crippen molar-refractivity contribution in [1.82, 2.24) is 0 Å². The molecule has 1 unspecified atom stereocenters. The summed E-state index contributed by atoms with van der Waals surface area (Å²) >= 11 is 1.57. The van der Waals surface area contributed by atoms with Gasteiger partial charge in [0.2, 0.25) is 0 Å². The van der Waals surface area contributed by atoms with Gasteiger partial charge in [-0.05, 0) is 17.0 Å². The predicted molar refractivity (Wildman–Crippen MR) is 88.1 cm³/mol. The normalized spacial score (nSPS) is 11.6. The molecule has 0 amide bonds. The highest BCUT2D eigenvalue weighted by atomic mass is 32.1. The number of hydrogen-bond donors (Lipinski definition) is 0. The molecular formula is C19H13NOS. The molecule has 0 radical (unpaired) electrons. The molecule has 0 aliphatic carbocycles. The summed E-state index contributed by atoms with van der Waals surface area (Å²) in [5.74, 6) is -0.280. The van der Waals surface area contributed by atoms with Crippen LogP contribution >= 0.6 is 11.3 Å². The average Bonchev–Trinajstić information content (AvgIpc) is 3.11. The first kappa shape index (κ1) is 14.2. The van der Waals surface area contributed by atoms with Gasteiger partial charge in [0.25, 0.3) is 0 Å². The number of carbonyl (C=O) groups excluding carboxylic acids is 1. The van der Waals surface area contributed by atoms with Crippen molar-refractivity contribution >= 4 is 17.1 Å². The van der Waals surface area contributed by atoms with E-state index in [2.05, 4.69) is 6.07 Å². The van der Waals surface area contributed by atoms with E-state index in [4.69, 9.17) is 0 Å². The largest absolute Gasteiger partial charge is 0.289 e. The third kappa shape index (κ3) is 2.83. The van der Waals surface area contributed by atoms with Crippen LogP contribution in [0.3, 0.4) is 0 Å². The second kappa shape index (κ2) is 6.38. The van der Waals surface area contributed by atoms with Crippen molar-refractivity contribution in [2.75, 3.05) is 0 Å². The van der Waals surface area contributed by atoms with E-state index in [0.29, 0.717) is 11.1 Å². The Balaban J connectivity index is 1.87. The molecule has 106 valence electrons. The van der Waals surface area contributed by atoms with Gasteiger partial charge >= 0.3 is 0 Å². The van der Waals surface area contributed by atoms with Gasteiger partial charge in [-0.15, -0.1) is 11.3 Å². The van der Waals surface area contributed by atoms with Gasteiger partial charge in [0, 0.05) is 16.0 Å². The van der Waals surface area contributed by atoms with Crippen LogP contribution in [0.15, 0.2) is 72.1 Å². The molecular weight excluding hydrogens is 290 g/mol. The summed E-state index contributed by atoms with van der Waals surface area (Å²) in [6, 6.07) is 22.7. The number of rotatable bonds is 4. The summed E-state index contributed by atoms with van der Waals surface area (Å²) in [5.41, 5.74) is 2.22. The van der Waals surface area contributed by atoms with E-state index < -0.39 is 0 Å². The molecule has 0 aliphatic rings. The van der Waals surface area contributed by atoms with Gasteiger partial charge in [-0.1, -0.05) is 60.7 Å². The highest BCUT2D eigenvalue weighted by molar-refractivity contribution is 7.10. The molecule has 22 heavy (non-hydrogen) atoms. The Bertz CT molecular complexity index is 799. The SMILES string of the molecule is N#CC(c1ccc(C(=O)c2ccccc2)cc1)c1cccs1. The van der Waals surface area contributed by atoms with Crippen LogP contribution in [0.5, 0.6) is 0 Å². The fraction of sp³-hybridized carbons (Fsp3) is 0.0526. The Hall–Kier alpha value is -2.70. The molecule has 0 saturated carbocycles.